The Hall–Kier alpha value is -2.49. The molecule has 0 aliphatic rings. The zero-order valence-electron chi connectivity index (χ0n) is 16.2. The first kappa shape index (κ1) is 19.8. The molecule has 2 aromatic rings. The molecular formula is C22H29NO3. The van der Waals surface area contributed by atoms with Crippen molar-refractivity contribution in [3.8, 4) is 11.5 Å². The SMILES string of the molecule is CCc1ccc(OCCNC(=O)[C@H](CC)Oc2cc(C)ccc2C)cc1. The lowest BCUT2D eigenvalue weighted by Gasteiger charge is -2.19. The second-order valence-corrected chi connectivity index (χ2v) is 6.42. The van der Waals surface area contributed by atoms with Gasteiger partial charge in [-0.1, -0.05) is 38.1 Å². The Balaban J connectivity index is 1.80. The van der Waals surface area contributed by atoms with Gasteiger partial charge < -0.3 is 14.8 Å². The number of benzene rings is 2. The lowest BCUT2D eigenvalue weighted by molar-refractivity contribution is -0.128. The Morgan fingerprint density at radius 1 is 1.08 bits per heavy atom. The largest absolute Gasteiger partial charge is 0.492 e. The van der Waals surface area contributed by atoms with Gasteiger partial charge in [0.15, 0.2) is 6.10 Å². The molecule has 4 nitrogen and oxygen atoms in total. The highest BCUT2D eigenvalue weighted by molar-refractivity contribution is 5.81. The van der Waals surface area contributed by atoms with Gasteiger partial charge in [-0.2, -0.15) is 0 Å². The number of amides is 1. The molecule has 2 aromatic carbocycles. The number of hydrogen-bond donors (Lipinski definition) is 1. The fourth-order valence-corrected chi connectivity index (χ4v) is 2.59. The predicted octanol–water partition coefficient (Wildman–Crippen LogP) is 4.22. The van der Waals surface area contributed by atoms with Crippen molar-refractivity contribution >= 4 is 5.91 Å². The first-order valence-electron chi connectivity index (χ1n) is 9.26. The number of carbonyl (C=O) groups excluding carboxylic acids is 1. The minimum Gasteiger partial charge on any atom is -0.492 e. The van der Waals surface area contributed by atoms with Crippen LogP contribution in [0.1, 0.15) is 37.0 Å². The standard InChI is InChI=1S/C22H29NO3/c1-5-18-9-11-19(12-10-18)25-14-13-23-22(24)20(6-2)26-21-15-16(3)7-8-17(21)4/h7-12,15,20H,5-6,13-14H2,1-4H3,(H,23,24)/t20-/m0/s1. The first-order valence-corrected chi connectivity index (χ1v) is 9.26. The summed E-state index contributed by atoms with van der Waals surface area (Å²) in [6, 6.07) is 14.0. The molecular weight excluding hydrogens is 326 g/mol. The zero-order valence-corrected chi connectivity index (χ0v) is 16.2. The summed E-state index contributed by atoms with van der Waals surface area (Å²) in [6.45, 7) is 8.93. The third kappa shape index (κ3) is 5.80. The molecule has 0 fully saturated rings. The second-order valence-electron chi connectivity index (χ2n) is 6.42. The van der Waals surface area contributed by atoms with Gasteiger partial charge in [0.1, 0.15) is 18.1 Å². The molecule has 1 N–H and O–H groups in total. The Morgan fingerprint density at radius 2 is 1.81 bits per heavy atom. The van der Waals surface area contributed by atoms with E-state index in [0.29, 0.717) is 19.6 Å². The lowest BCUT2D eigenvalue weighted by atomic mass is 10.1. The van der Waals surface area contributed by atoms with Crippen LogP contribution in [0.2, 0.25) is 0 Å². The fourth-order valence-electron chi connectivity index (χ4n) is 2.59. The molecule has 0 saturated heterocycles. The van der Waals surface area contributed by atoms with Crippen LogP contribution >= 0.6 is 0 Å². The van der Waals surface area contributed by atoms with Crippen molar-refractivity contribution in [3.05, 3.63) is 59.2 Å². The van der Waals surface area contributed by atoms with Crippen LogP contribution in [0, 0.1) is 13.8 Å². The van der Waals surface area contributed by atoms with Gasteiger partial charge in [-0.15, -0.1) is 0 Å². The average molecular weight is 355 g/mol. The summed E-state index contributed by atoms with van der Waals surface area (Å²) >= 11 is 0. The average Bonchev–Trinajstić information content (AvgIpc) is 2.66. The Labute approximate surface area is 156 Å². The Morgan fingerprint density at radius 3 is 2.46 bits per heavy atom. The van der Waals surface area contributed by atoms with E-state index < -0.39 is 6.10 Å². The number of carbonyl (C=O) groups is 1. The number of rotatable bonds is 9. The van der Waals surface area contributed by atoms with Crippen LogP contribution in [-0.4, -0.2) is 25.2 Å². The number of hydrogen-bond acceptors (Lipinski definition) is 3. The quantitative estimate of drug-likeness (QED) is 0.685. The molecule has 0 saturated carbocycles. The summed E-state index contributed by atoms with van der Waals surface area (Å²) in [5, 5.41) is 2.89. The molecule has 0 radical (unpaired) electrons. The zero-order chi connectivity index (χ0) is 18.9. The summed E-state index contributed by atoms with van der Waals surface area (Å²) in [5.41, 5.74) is 3.42. The molecule has 140 valence electrons. The highest BCUT2D eigenvalue weighted by atomic mass is 16.5. The van der Waals surface area contributed by atoms with Crippen LogP contribution < -0.4 is 14.8 Å². The van der Waals surface area contributed by atoms with E-state index in [1.54, 1.807) is 0 Å². The normalized spacial score (nSPS) is 11.7. The third-order valence-corrected chi connectivity index (χ3v) is 4.28. The molecule has 26 heavy (non-hydrogen) atoms. The minimum atomic E-state index is -0.501. The maximum atomic E-state index is 12.4. The number of aryl methyl sites for hydroxylation is 3. The van der Waals surface area contributed by atoms with Gasteiger partial charge in [0.05, 0.1) is 6.54 Å². The molecule has 0 aromatic heterocycles. The van der Waals surface area contributed by atoms with Crippen molar-refractivity contribution in [2.24, 2.45) is 0 Å². The smallest absolute Gasteiger partial charge is 0.261 e. The van der Waals surface area contributed by atoms with Crippen LogP contribution in [0.5, 0.6) is 11.5 Å². The van der Waals surface area contributed by atoms with E-state index in [9.17, 15) is 4.79 Å². The number of nitrogens with one attached hydrogen (secondary N) is 1. The summed E-state index contributed by atoms with van der Waals surface area (Å²) in [6.07, 6.45) is 1.12. The summed E-state index contributed by atoms with van der Waals surface area (Å²) < 4.78 is 11.6. The monoisotopic (exact) mass is 355 g/mol. The highest BCUT2D eigenvalue weighted by Gasteiger charge is 2.18. The maximum absolute atomic E-state index is 12.4. The third-order valence-electron chi connectivity index (χ3n) is 4.28. The molecule has 0 heterocycles. The van der Waals surface area contributed by atoms with Crippen LogP contribution in [0.4, 0.5) is 0 Å². The van der Waals surface area contributed by atoms with E-state index in [1.165, 1.54) is 5.56 Å². The van der Waals surface area contributed by atoms with Gasteiger partial charge in [-0.25, -0.2) is 0 Å². The Bertz CT molecular complexity index is 710. The fraction of sp³-hybridized carbons (Fsp3) is 0.409. The van der Waals surface area contributed by atoms with Crippen molar-refractivity contribution < 1.29 is 14.3 Å². The van der Waals surface area contributed by atoms with Crippen molar-refractivity contribution in [3.63, 3.8) is 0 Å². The first-order chi connectivity index (χ1) is 12.5. The Kier molecular flexibility index (Phi) is 7.52. The van der Waals surface area contributed by atoms with E-state index in [2.05, 4.69) is 24.4 Å². The van der Waals surface area contributed by atoms with Crippen molar-refractivity contribution in [1.82, 2.24) is 5.32 Å². The van der Waals surface area contributed by atoms with Crippen LogP contribution in [0.15, 0.2) is 42.5 Å². The molecule has 0 aliphatic carbocycles. The summed E-state index contributed by atoms with van der Waals surface area (Å²) in [4.78, 5) is 12.4. The van der Waals surface area contributed by atoms with Gasteiger partial charge in [-0.3, -0.25) is 4.79 Å². The van der Waals surface area contributed by atoms with Gasteiger partial charge in [0.2, 0.25) is 0 Å². The van der Waals surface area contributed by atoms with E-state index >= 15 is 0 Å². The lowest BCUT2D eigenvalue weighted by Crippen LogP contribution is -2.39. The van der Waals surface area contributed by atoms with Gasteiger partial charge in [0, 0.05) is 0 Å². The van der Waals surface area contributed by atoms with E-state index in [0.717, 1.165) is 29.0 Å². The van der Waals surface area contributed by atoms with E-state index in [1.807, 2.05) is 51.1 Å². The molecule has 0 spiro atoms. The topological polar surface area (TPSA) is 47.6 Å². The molecule has 0 unspecified atom stereocenters. The molecule has 4 heteroatoms. The second kappa shape index (κ2) is 9.85. The number of ether oxygens (including phenoxy) is 2. The van der Waals surface area contributed by atoms with Crippen LogP contribution in [-0.2, 0) is 11.2 Å². The van der Waals surface area contributed by atoms with Gasteiger partial charge in [0.25, 0.3) is 5.91 Å². The van der Waals surface area contributed by atoms with Crippen molar-refractivity contribution in [2.45, 2.75) is 46.6 Å². The predicted molar refractivity (Wildman–Crippen MR) is 105 cm³/mol. The van der Waals surface area contributed by atoms with Crippen LogP contribution in [0.3, 0.4) is 0 Å². The van der Waals surface area contributed by atoms with Gasteiger partial charge in [-0.05, 0) is 61.6 Å². The highest BCUT2D eigenvalue weighted by Crippen LogP contribution is 2.21. The van der Waals surface area contributed by atoms with Crippen LogP contribution in [0.25, 0.3) is 0 Å². The minimum absolute atomic E-state index is 0.113. The van der Waals surface area contributed by atoms with Gasteiger partial charge >= 0.3 is 0 Å². The molecule has 0 aliphatic heterocycles. The molecule has 1 amide bonds. The van der Waals surface area contributed by atoms with E-state index in [4.69, 9.17) is 9.47 Å². The van der Waals surface area contributed by atoms with E-state index in [-0.39, 0.29) is 5.91 Å². The molecule has 2 rings (SSSR count). The van der Waals surface area contributed by atoms with Crippen molar-refractivity contribution in [2.75, 3.05) is 13.2 Å². The summed E-state index contributed by atoms with van der Waals surface area (Å²) in [5.74, 6) is 1.47. The summed E-state index contributed by atoms with van der Waals surface area (Å²) in [7, 11) is 0. The maximum Gasteiger partial charge on any atom is 0.261 e. The molecule has 1 atom stereocenters. The molecule has 0 bridgehead atoms. The van der Waals surface area contributed by atoms with Crippen molar-refractivity contribution in [1.29, 1.82) is 0 Å².